The highest BCUT2D eigenvalue weighted by molar-refractivity contribution is 5.77. The molecule has 0 aromatic heterocycles. The van der Waals surface area contributed by atoms with Crippen molar-refractivity contribution in [1.82, 2.24) is 5.43 Å². The summed E-state index contributed by atoms with van der Waals surface area (Å²) in [5.41, 5.74) is 10.1. The van der Waals surface area contributed by atoms with E-state index in [1.165, 1.54) is 5.56 Å². The third-order valence-corrected chi connectivity index (χ3v) is 2.01. The van der Waals surface area contributed by atoms with E-state index in [2.05, 4.69) is 16.5 Å². The number of rotatable bonds is 2. The van der Waals surface area contributed by atoms with Crippen molar-refractivity contribution < 1.29 is 0 Å². The molecule has 1 atom stereocenters. The van der Waals surface area contributed by atoms with Gasteiger partial charge in [0, 0.05) is 0 Å². The molecule has 4 heteroatoms. The largest absolute Gasteiger partial charge is 0.369 e. The quantitative estimate of drug-likeness (QED) is 0.281. The molecule has 0 heterocycles. The highest BCUT2D eigenvalue weighted by Crippen LogP contribution is 2.17. The number of nitrogens with one attached hydrogen (secondary N) is 1. The maximum Gasteiger partial charge on any atom is 0.203 e. The van der Waals surface area contributed by atoms with Crippen molar-refractivity contribution in [3.8, 4) is 0 Å². The maximum absolute atomic E-state index is 5.46. The molecule has 0 bridgehead atoms. The van der Waals surface area contributed by atoms with Gasteiger partial charge in [-0.25, -0.2) is 10.8 Å². The molecule has 0 spiro atoms. The Morgan fingerprint density at radius 3 is 2.79 bits per heavy atom. The predicted molar refractivity (Wildman–Crippen MR) is 58.5 cm³/mol. The first-order valence-electron chi connectivity index (χ1n) is 4.50. The average Bonchev–Trinajstić information content (AvgIpc) is 2.17. The standard InChI is InChI=1S/C10H16N4/c1-7-4-3-5-9(6-7)8(2)13-10(11)14-12/h3-6,8H,12H2,1-2H3,(H3,11,13,14)/t8-/m1/s1. The predicted octanol–water partition coefficient (Wildman–Crippen LogP) is 0.834. The van der Waals surface area contributed by atoms with Gasteiger partial charge >= 0.3 is 0 Å². The number of nitrogens with zero attached hydrogens (tertiary/aromatic N) is 1. The number of hydrogen-bond donors (Lipinski definition) is 3. The molecule has 1 aromatic carbocycles. The highest BCUT2D eigenvalue weighted by atomic mass is 15.3. The Labute approximate surface area is 84.0 Å². The van der Waals surface area contributed by atoms with Crippen LogP contribution in [0.1, 0.15) is 24.1 Å². The first-order chi connectivity index (χ1) is 6.63. The fourth-order valence-corrected chi connectivity index (χ4v) is 1.25. The first-order valence-corrected chi connectivity index (χ1v) is 4.50. The van der Waals surface area contributed by atoms with Crippen LogP contribution in [0.25, 0.3) is 0 Å². The molecular formula is C10H16N4. The van der Waals surface area contributed by atoms with E-state index in [0.29, 0.717) is 0 Å². The lowest BCUT2D eigenvalue weighted by atomic mass is 10.1. The first kappa shape index (κ1) is 10.5. The molecule has 5 N–H and O–H groups in total. The van der Waals surface area contributed by atoms with E-state index < -0.39 is 0 Å². The summed E-state index contributed by atoms with van der Waals surface area (Å²) in [6.45, 7) is 4.02. The maximum atomic E-state index is 5.46. The summed E-state index contributed by atoms with van der Waals surface area (Å²) >= 11 is 0. The number of benzene rings is 1. The zero-order valence-corrected chi connectivity index (χ0v) is 8.49. The van der Waals surface area contributed by atoms with E-state index in [9.17, 15) is 0 Å². The second-order valence-corrected chi connectivity index (χ2v) is 3.25. The van der Waals surface area contributed by atoms with Crippen LogP contribution in [0.15, 0.2) is 29.3 Å². The zero-order valence-electron chi connectivity index (χ0n) is 8.49. The number of guanidine groups is 1. The van der Waals surface area contributed by atoms with Crippen molar-refractivity contribution in [1.29, 1.82) is 0 Å². The van der Waals surface area contributed by atoms with Gasteiger partial charge in [0.05, 0.1) is 6.04 Å². The fourth-order valence-electron chi connectivity index (χ4n) is 1.25. The van der Waals surface area contributed by atoms with Crippen molar-refractivity contribution in [2.24, 2.45) is 16.6 Å². The van der Waals surface area contributed by atoms with Gasteiger partial charge in [-0.3, -0.25) is 5.43 Å². The highest BCUT2D eigenvalue weighted by Gasteiger charge is 2.03. The Morgan fingerprint density at radius 1 is 1.50 bits per heavy atom. The smallest absolute Gasteiger partial charge is 0.203 e. The Morgan fingerprint density at radius 2 is 2.21 bits per heavy atom. The van der Waals surface area contributed by atoms with Gasteiger partial charge in [-0.2, -0.15) is 0 Å². The molecular weight excluding hydrogens is 176 g/mol. The number of aliphatic imine (C=N–C) groups is 1. The van der Waals surface area contributed by atoms with Crippen LogP contribution in [0.3, 0.4) is 0 Å². The minimum atomic E-state index is 0.0194. The zero-order chi connectivity index (χ0) is 10.6. The molecule has 0 saturated carbocycles. The summed E-state index contributed by atoms with van der Waals surface area (Å²) in [7, 11) is 0. The molecule has 0 aliphatic heterocycles. The molecule has 14 heavy (non-hydrogen) atoms. The summed E-state index contributed by atoms with van der Waals surface area (Å²) < 4.78 is 0. The molecule has 1 rings (SSSR count). The third-order valence-electron chi connectivity index (χ3n) is 2.01. The van der Waals surface area contributed by atoms with Crippen molar-refractivity contribution in [2.75, 3.05) is 0 Å². The van der Waals surface area contributed by atoms with Crippen LogP contribution in [0.2, 0.25) is 0 Å². The van der Waals surface area contributed by atoms with Gasteiger partial charge in [-0.1, -0.05) is 29.8 Å². The Hall–Kier alpha value is -1.55. The number of hydrazine groups is 1. The van der Waals surface area contributed by atoms with Crippen LogP contribution < -0.4 is 17.0 Å². The van der Waals surface area contributed by atoms with E-state index >= 15 is 0 Å². The SMILES string of the molecule is Cc1cccc([C@@H](C)N=C(N)NN)c1. The summed E-state index contributed by atoms with van der Waals surface area (Å²) in [4.78, 5) is 4.17. The van der Waals surface area contributed by atoms with Gasteiger partial charge in [0.15, 0.2) is 0 Å². The van der Waals surface area contributed by atoms with Crippen LogP contribution in [0.5, 0.6) is 0 Å². The van der Waals surface area contributed by atoms with Gasteiger partial charge in [-0.05, 0) is 19.4 Å². The number of nitrogens with two attached hydrogens (primary N) is 2. The van der Waals surface area contributed by atoms with Crippen LogP contribution in [0, 0.1) is 6.92 Å². The van der Waals surface area contributed by atoms with Crippen LogP contribution >= 0.6 is 0 Å². The Balaban J connectivity index is 2.84. The van der Waals surface area contributed by atoms with Crippen LogP contribution in [-0.4, -0.2) is 5.96 Å². The number of hydrogen-bond acceptors (Lipinski definition) is 2. The summed E-state index contributed by atoms with van der Waals surface area (Å²) in [5, 5.41) is 0. The molecule has 0 aliphatic rings. The van der Waals surface area contributed by atoms with E-state index in [4.69, 9.17) is 11.6 Å². The molecule has 0 radical (unpaired) electrons. The molecule has 4 nitrogen and oxygen atoms in total. The van der Waals surface area contributed by atoms with Crippen molar-refractivity contribution in [3.05, 3.63) is 35.4 Å². The second kappa shape index (κ2) is 4.62. The number of aryl methyl sites for hydroxylation is 1. The average molecular weight is 192 g/mol. The Kier molecular flexibility index (Phi) is 3.48. The van der Waals surface area contributed by atoms with Crippen molar-refractivity contribution in [2.45, 2.75) is 19.9 Å². The van der Waals surface area contributed by atoms with Gasteiger partial charge in [-0.15, -0.1) is 0 Å². The van der Waals surface area contributed by atoms with E-state index in [-0.39, 0.29) is 12.0 Å². The van der Waals surface area contributed by atoms with Crippen LogP contribution in [-0.2, 0) is 0 Å². The van der Waals surface area contributed by atoms with E-state index in [0.717, 1.165) is 5.56 Å². The minimum absolute atomic E-state index is 0.0194. The molecule has 0 saturated heterocycles. The lowest BCUT2D eigenvalue weighted by molar-refractivity contribution is 0.800. The fraction of sp³-hybridized carbons (Fsp3) is 0.300. The van der Waals surface area contributed by atoms with E-state index in [1.54, 1.807) is 0 Å². The summed E-state index contributed by atoms with van der Waals surface area (Å²) in [6.07, 6.45) is 0. The lowest BCUT2D eigenvalue weighted by Crippen LogP contribution is -2.37. The van der Waals surface area contributed by atoms with E-state index in [1.807, 2.05) is 32.0 Å². The molecule has 0 unspecified atom stereocenters. The van der Waals surface area contributed by atoms with Gasteiger partial charge in [0.1, 0.15) is 0 Å². The van der Waals surface area contributed by atoms with Gasteiger partial charge in [0.25, 0.3) is 0 Å². The normalized spacial score (nSPS) is 13.8. The minimum Gasteiger partial charge on any atom is -0.369 e. The topological polar surface area (TPSA) is 76.4 Å². The molecule has 0 amide bonds. The second-order valence-electron chi connectivity index (χ2n) is 3.25. The van der Waals surface area contributed by atoms with Crippen LogP contribution in [0.4, 0.5) is 0 Å². The summed E-state index contributed by atoms with van der Waals surface area (Å²) in [5.74, 6) is 5.37. The van der Waals surface area contributed by atoms with Crippen molar-refractivity contribution in [3.63, 3.8) is 0 Å². The Bertz CT molecular complexity index is 333. The monoisotopic (exact) mass is 192 g/mol. The molecule has 0 fully saturated rings. The summed E-state index contributed by atoms with van der Waals surface area (Å²) in [6, 6.07) is 8.17. The van der Waals surface area contributed by atoms with Crippen molar-refractivity contribution >= 4 is 5.96 Å². The molecule has 0 aliphatic carbocycles. The molecule has 76 valence electrons. The van der Waals surface area contributed by atoms with Gasteiger partial charge < -0.3 is 5.73 Å². The molecule has 1 aromatic rings. The lowest BCUT2D eigenvalue weighted by Gasteiger charge is -2.08. The third kappa shape index (κ3) is 2.74. The van der Waals surface area contributed by atoms with Gasteiger partial charge in [0.2, 0.25) is 5.96 Å².